The molecule has 7 rings (SSSR count). The molecule has 0 unspecified atom stereocenters. The number of hydrogen-bond acceptors (Lipinski definition) is 11. The summed E-state index contributed by atoms with van der Waals surface area (Å²) >= 11 is 0. The fraction of sp³-hybridized carbons (Fsp3) is 0.538. The lowest BCUT2D eigenvalue weighted by Gasteiger charge is -2.45. The summed E-state index contributed by atoms with van der Waals surface area (Å²) < 4.78 is 24.0. The number of nitrogens with one attached hydrogen (secondary N) is 2. The molecule has 372 valence electrons. The van der Waals surface area contributed by atoms with Crippen molar-refractivity contribution in [3.05, 3.63) is 101 Å². The number of H-pyrrole nitrogens is 1. The van der Waals surface area contributed by atoms with Gasteiger partial charge in [-0.2, -0.15) is 5.10 Å². The van der Waals surface area contributed by atoms with Gasteiger partial charge >= 0.3 is 18.3 Å². The van der Waals surface area contributed by atoms with E-state index in [1.54, 1.807) is 37.1 Å². The Morgan fingerprint density at radius 3 is 2.14 bits per heavy atom. The number of aromatic nitrogens is 3. The summed E-state index contributed by atoms with van der Waals surface area (Å²) in [4.78, 5) is 76.0. The van der Waals surface area contributed by atoms with E-state index in [0.29, 0.717) is 75.5 Å². The molecule has 0 aliphatic carbocycles. The van der Waals surface area contributed by atoms with Gasteiger partial charge in [-0.15, -0.1) is 13.2 Å². The molecule has 3 amide bonds. The third kappa shape index (κ3) is 13.1. The molecule has 0 spiro atoms. The highest BCUT2D eigenvalue weighted by Gasteiger charge is 2.38. The zero-order chi connectivity index (χ0) is 49.5. The summed E-state index contributed by atoms with van der Waals surface area (Å²) in [5, 5.41) is 9.56. The number of rotatable bonds is 16. The van der Waals surface area contributed by atoms with E-state index in [0.717, 1.165) is 64.4 Å². The molecule has 5 heterocycles. The van der Waals surface area contributed by atoms with Crippen LogP contribution in [0.4, 0.5) is 14.4 Å². The van der Waals surface area contributed by atoms with Gasteiger partial charge in [-0.25, -0.2) is 19.1 Å². The number of ether oxygens (including phenoxy) is 4. The second-order valence-electron chi connectivity index (χ2n) is 20.5. The van der Waals surface area contributed by atoms with Crippen LogP contribution >= 0.6 is 0 Å². The van der Waals surface area contributed by atoms with Gasteiger partial charge in [0.15, 0.2) is 6.73 Å². The van der Waals surface area contributed by atoms with Crippen molar-refractivity contribution in [1.29, 1.82) is 0 Å². The number of piperidine rings is 2. The van der Waals surface area contributed by atoms with E-state index in [4.69, 9.17) is 18.9 Å². The first-order valence-electron chi connectivity index (χ1n) is 24.3. The summed E-state index contributed by atoms with van der Waals surface area (Å²) in [6, 6.07) is 12.8. The molecule has 17 heteroatoms. The van der Waals surface area contributed by atoms with Gasteiger partial charge < -0.3 is 39.0 Å². The number of para-hydroxylation sites is 1. The van der Waals surface area contributed by atoms with Crippen molar-refractivity contribution in [3.63, 3.8) is 0 Å². The molecular weight excluding hydrogens is 881 g/mol. The molecule has 4 aromatic rings. The molecule has 2 aromatic carbocycles. The Bertz CT molecular complexity index is 2560. The maximum Gasteiger partial charge on any atom is 0.513 e. The number of piperazine rings is 1. The number of amides is 3. The molecule has 3 aliphatic heterocycles. The van der Waals surface area contributed by atoms with Gasteiger partial charge in [0, 0.05) is 100 Å². The number of fused-ring (bicyclic) bond motifs is 2. The van der Waals surface area contributed by atoms with Crippen LogP contribution in [0.5, 0.6) is 0 Å². The van der Waals surface area contributed by atoms with Crippen LogP contribution in [0.25, 0.3) is 21.8 Å². The SMILES string of the molecule is C=CCC(C)(C)OC(=O)OCn1cc2cc(C[C@@H](NC(=O)N3CCC(c4cc5ccccc5[nH]c4=O)CC3)C(=O)N3CCN(C4CC[N+](C)(COC(=O)OC(C)(C)CC=C)CC4)CC3)cc(C)c2n1. The van der Waals surface area contributed by atoms with Crippen LogP contribution in [0.15, 0.2) is 78.8 Å². The van der Waals surface area contributed by atoms with Crippen molar-refractivity contribution in [2.24, 2.45) is 0 Å². The van der Waals surface area contributed by atoms with Crippen molar-refractivity contribution in [3.8, 4) is 0 Å². The van der Waals surface area contributed by atoms with E-state index < -0.39 is 29.6 Å². The van der Waals surface area contributed by atoms with Crippen LogP contribution in [0, 0.1) is 6.92 Å². The molecule has 0 bridgehead atoms. The topological polar surface area (TPSA) is 178 Å². The average Bonchev–Trinajstić information content (AvgIpc) is 3.73. The summed E-state index contributed by atoms with van der Waals surface area (Å²) in [6.07, 6.45) is 8.05. The van der Waals surface area contributed by atoms with E-state index in [1.807, 2.05) is 68.1 Å². The Balaban J connectivity index is 0.994. The second-order valence-corrected chi connectivity index (χ2v) is 20.5. The number of carbonyl (C=O) groups excluding carboxylic acids is 4. The molecule has 3 aliphatic rings. The Hall–Kier alpha value is -6.20. The maximum absolute atomic E-state index is 14.7. The van der Waals surface area contributed by atoms with Gasteiger partial charge in [0.05, 0.1) is 25.7 Å². The van der Waals surface area contributed by atoms with Crippen molar-refractivity contribution < 1.29 is 42.6 Å². The Morgan fingerprint density at radius 1 is 0.855 bits per heavy atom. The number of quaternary nitrogens is 1. The number of aromatic amines is 1. The van der Waals surface area contributed by atoms with Gasteiger partial charge in [0.25, 0.3) is 5.56 Å². The van der Waals surface area contributed by atoms with E-state index in [2.05, 4.69) is 40.5 Å². The van der Waals surface area contributed by atoms with Gasteiger partial charge in [0.2, 0.25) is 12.6 Å². The van der Waals surface area contributed by atoms with E-state index in [9.17, 15) is 24.0 Å². The van der Waals surface area contributed by atoms with Crippen molar-refractivity contribution >= 4 is 46.1 Å². The first kappa shape index (κ1) is 50.7. The lowest BCUT2D eigenvalue weighted by atomic mass is 9.89. The van der Waals surface area contributed by atoms with Crippen molar-refractivity contribution in [1.82, 2.24) is 34.8 Å². The third-order valence-corrected chi connectivity index (χ3v) is 13.9. The van der Waals surface area contributed by atoms with E-state index in [1.165, 1.54) is 4.68 Å². The lowest BCUT2D eigenvalue weighted by molar-refractivity contribution is -0.930. The van der Waals surface area contributed by atoms with Crippen LogP contribution in [0.3, 0.4) is 0 Å². The van der Waals surface area contributed by atoms with Crippen molar-refractivity contribution in [2.75, 3.05) is 66.1 Å². The molecule has 1 atom stereocenters. The predicted molar refractivity (Wildman–Crippen MR) is 263 cm³/mol. The summed E-state index contributed by atoms with van der Waals surface area (Å²) in [5.41, 5.74) is 2.41. The highest BCUT2D eigenvalue weighted by Crippen LogP contribution is 2.29. The number of aryl methyl sites for hydroxylation is 1. The molecule has 17 nitrogen and oxygen atoms in total. The minimum Gasteiger partial charge on any atom is -0.428 e. The highest BCUT2D eigenvalue weighted by molar-refractivity contribution is 5.88. The summed E-state index contributed by atoms with van der Waals surface area (Å²) in [6.45, 7) is 21.7. The monoisotopic (exact) mass is 952 g/mol. The fourth-order valence-electron chi connectivity index (χ4n) is 9.97. The zero-order valence-electron chi connectivity index (χ0n) is 41.3. The first-order valence-corrected chi connectivity index (χ1v) is 24.3. The number of carbonyl (C=O) groups is 4. The molecule has 3 fully saturated rings. The quantitative estimate of drug-likeness (QED) is 0.0651. The smallest absolute Gasteiger partial charge is 0.428 e. The average molecular weight is 952 g/mol. The Morgan fingerprint density at radius 2 is 1.49 bits per heavy atom. The van der Waals surface area contributed by atoms with Gasteiger partial charge in [-0.05, 0) is 88.1 Å². The predicted octanol–water partition coefficient (Wildman–Crippen LogP) is 7.37. The maximum atomic E-state index is 14.7. The minimum atomic E-state index is -0.851. The first-order chi connectivity index (χ1) is 32.8. The van der Waals surface area contributed by atoms with Gasteiger partial charge in [-0.3, -0.25) is 19.0 Å². The van der Waals surface area contributed by atoms with Crippen LogP contribution in [0.1, 0.15) is 88.8 Å². The molecular formula is C52H71N8O9+. The largest absolute Gasteiger partial charge is 0.513 e. The standard InChI is InChI=1S/C52H70N8O9/c1-9-19-51(4,5)68-49(64)66-34-59-33-40-30-37(29-36(3)45(40)55-59)31-44(54-48(63)58-21-15-38(16-22-58)42-32-39-13-11-12-14-43(39)53-46(42)61)47(62)57-25-23-56(24-26-57)41-17-27-60(8,28-18-41)35-67-50(65)69-52(6,7)20-10-2/h9-14,29-30,32-33,38,41,44H,1-2,15-28,31,34-35H2,3-8H3,(H-,53,54,61,63)/p+1/t41?,44-,60?/m1/s1. The Labute approximate surface area is 404 Å². The minimum absolute atomic E-state index is 0.000880. The number of urea groups is 1. The van der Waals surface area contributed by atoms with E-state index >= 15 is 0 Å². The van der Waals surface area contributed by atoms with Crippen molar-refractivity contribution in [2.45, 2.75) is 115 Å². The second kappa shape index (κ2) is 21.6. The molecule has 2 N–H and O–H groups in total. The fourth-order valence-corrected chi connectivity index (χ4v) is 9.97. The molecule has 3 saturated heterocycles. The lowest BCUT2D eigenvalue weighted by Crippen LogP contribution is -2.60. The van der Waals surface area contributed by atoms with Crippen LogP contribution in [-0.2, 0) is 36.9 Å². The number of nitrogens with zero attached hydrogens (tertiary/aromatic N) is 6. The van der Waals surface area contributed by atoms with Crippen LogP contribution in [-0.4, -0.2) is 148 Å². The zero-order valence-corrected chi connectivity index (χ0v) is 41.3. The molecule has 0 radical (unpaired) electrons. The molecule has 69 heavy (non-hydrogen) atoms. The summed E-state index contributed by atoms with van der Waals surface area (Å²) in [7, 11) is 2.10. The number of pyridine rings is 1. The summed E-state index contributed by atoms with van der Waals surface area (Å²) in [5.74, 6) is -0.144. The number of benzene rings is 2. The van der Waals surface area contributed by atoms with Crippen LogP contribution in [0.2, 0.25) is 0 Å². The third-order valence-electron chi connectivity index (χ3n) is 13.9. The number of hydrogen-bond donors (Lipinski definition) is 2. The molecule has 2 aromatic heterocycles. The van der Waals surface area contributed by atoms with Crippen LogP contribution < -0.4 is 10.9 Å². The normalized spacial score (nSPS) is 20.0. The molecule has 0 saturated carbocycles. The number of likely N-dealkylation sites (tertiary alicyclic amines) is 2. The van der Waals surface area contributed by atoms with Gasteiger partial charge in [0.1, 0.15) is 17.2 Å². The van der Waals surface area contributed by atoms with Gasteiger partial charge in [-0.1, -0.05) is 36.4 Å². The van der Waals surface area contributed by atoms with E-state index in [-0.39, 0.29) is 43.3 Å². The highest BCUT2D eigenvalue weighted by atomic mass is 16.7. The Kier molecular flexibility index (Phi) is 15.9.